The second-order valence-corrected chi connectivity index (χ2v) is 7.17. The number of likely N-dealkylation sites (tertiary alicyclic amines) is 1. The zero-order valence-corrected chi connectivity index (χ0v) is 15.4. The lowest BCUT2D eigenvalue weighted by molar-refractivity contribution is 0.0930. The molecular formula is C19H23N7O2. The number of nitrogens with zero attached hydrogens (tertiary/aromatic N) is 3. The number of carbonyl (C=O) groups excluding carboxylic acids is 2. The monoisotopic (exact) mass is 381 g/mol. The minimum atomic E-state index is -0.651. The maximum Gasteiger partial charge on any atom is 0.284 e. The maximum atomic E-state index is 12.7. The number of rotatable bonds is 6. The zero-order chi connectivity index (χ0) is 19.5. The van der Waals surface area contributed by atoms with Gasteiger partial charge in [-0.2, -0.15) is 0 Å². The van der Waals surface area contributed by atoms with E-state index >= 15 is 0 Å². The highest BCUT2D eigenvalue weighted by atomic mass is 16.2. The van der Waals surface area contributed by atoms with Gasteiger partial charge in [0.1, 0.15) is 5.52 Å². The first kappa shape index (κ1) is 18.2. The van der Waals surface area contributed by atoms with Crippen LogP contribution in [0.1, 0.15) is 39.5 Å². The fourth-order valence-corrected chi connectivity index (χ4v) is 3.73. The fraction of sp³-hybridized carbons (Fsp3) is 0.368. The number of aromatic nitrogens is 4. The van der Waals surface area contributed by atoms with Gasteiger partial charge < -0.3 is 21.0 Å². The van der Waals surface area contributed by atoms with E-state index in [4.69, 9.17) is 5.73 Å². The summed E-state index contributed by atoms with van der Waals surface area (Å²) in [7, 11) is 0. The normalized spacial score (nSPS) is 17.6. The number of nitrogens with two attached hydrogens (primary N) is 1. The lowest BCUT2D eigenvalue weighted by atomic mass is 9.97. The third-order valence-corrected chi connectivity index (χ3v) is 5.09. The molecule has 2 amide bonds. The molecule has 3 aromatic rings. The third-order valence-electron chi connectivity index (χ3n) is 5.09. The Kier molecular flexibility index (Phi) is 5.07. The standard InChI is InChI=1S/C19H23N7O2/c20-17(27)18-24-15-5-1-4-14(16(15)25-18)19(28)22-7-12-3-2-6-26(9-12)10-13-8-21-11-23-13/h1,4-5,8,11-12H,2-3,6-7,9-10H2,(H2,20,27)(H,21,23)(H,22,28)(H,24,25). The number of benzene rings is 1. The Hall–Kier alpha value is -3.20. The van der Waals surface area contributed by atoms with Crippen LogP contribution in [0.25, 0.3) is 11.0 Å². The van der Waals surface area contributed by atoms with Gasteiger partial charge in [-0.15, -0.1) is 0 Å². The van der Waals surface area contributed by atoms with E-state index in [1.165, 1.54) is 0 Å². The Morgan fingerprint density at radius 2 is 2.25 bits per heavy atom. The number of carbonyl (C=O) groups is 2. The molecule has 1 aliphatic rings. The summed E-state index contributed by atoms with van der Waals surface area (Å²) in [6.07, 6.45) is 5.78. The zero-order valence-electron chi connectivity index (χ0n) is 15.4. The lowest BCUT2D eigenvalue weighted by Gasteiger charge is -2.32. The Labute approximate surface area is 161 Å². The smallest absolute Gasteiger partial charge is 0.284 e. The van der Waals surface area contributed by atoms with Gasteiger partial charge >= 0.3 is 0 Å². The molecule has 0 bridgehead atoms. The van der Waals surface area contributed by atoms with E-state index in [9.17, 15) is 9.59 Å². The van der Waals surface area contributed by atoms with E-state index in [-0.39, 0.29) is 11.7 Å². The van der Waals surface area contributed by atoms with E-state index in [1.807, 2.05) is 6.20 Å². The van der Waals surface area contributed by atoms with Crippen LogP contribution in [0.4, 0.5) is 0 Å². The van der Waals surface area contributed by atoms with Crippen molar-refractivity contribution in [3.63, 3.8) is 0 Å². The molecule has 4 rings (SSSR count). The molecule has 146 valence electrons. The number of hydrogen-bond acceptors (Lipinski definition) is 5. The Bertz CT molecular complexity index is 980. The van der Waals surface area contributed by atoms with E-state index in [0.29, 0.717) is 29.1 Å². The van der Waals surface area contributed by atoms with Gasteiger partial charge in [0.2, 0.25) is 0 Å². The van der Waals surface area contributed by atoms with Crippen LogP contribution in [0.5, 0.6) is 0 Å². The van der Waals surface area contributed by atoms with Crippen LogP contribution in [-0.2, 0) is 6.54 Å². The highest BCUT2D eigenvalue weighted by Crippen LogP contribution is 2.19. The molecule has 1 fully saturated rings. The van der Waals surface area contributed by atoms with Crippen LogP contribution in [0, 0.1) is 5.92 Å². The molecule has 0 saturated carbocycles. The molecule has 5 N–H and O–H groups in total. The number of hydrogen-bond donors (Lipinski definition) is 4. The van der Waals surface area contributed by atoms with Gasteiger partial charge in [0.25, 0.3) is 11.8 Å². The fourth-order valence-electron chi connectivity index (χ4n) is 3.73. The number of primary amides is 1. The Morgan fingerprint density at radius 3 is 3.04 bits per heavy atom. The molecule has 1 atom stereocenters. The van der Waals surface area contributed by atoms with Gasteiger partial charge in [-0.1, -0.05) is 6.07 Å². The average Bonchev–Trinajstić information content (AvgIpc) is 3.35. The summed E-state index contributed by atoms with van der Waals surface area (Å²) in [5, 5.41) is 3.02. The number of amides is 2. The molecule has 1 aliphatic heterocycles. The van der Waals surface area contributed by atoms with Crippen molar-refractivity contribution < 1.29 is 9.59 Å². The van der Waals surface area contributed by atoms with Crippen molar-refractivity contribution in [3.05, 3.63) is 47.8 Å². The average molecular weight is 381 g/mol. The summed E-state index contributed by atoms with van der Waals surface area (Å²) < 4.78 is 0. The third kappa shape index (κ3) is 3.89. The van der Waals surface area contributed by atoms with Crippen molar-refractivity contribution in [2.45, 2.75) is 19.4 Å². The topological polar surface area (TPSA) is 133 Å². The number of nitrogens with one attached hydrogen (secondary N) is 3. The largest absolute Gasteiger partial charge is 0.363 e. The van der Waals surface area contributed by atoms with Gasteiger partial charge in [-0.3, -0.25) is 14.5 Å². The van der Waals surface area contributed by atoms with Gasteiger partial charge in [0, 0.05) is 25.8 Å². The van der Waals surface area contributed by atoms with Crippen LogP contribution in [0.2, 0.25) is 0 Å². The quantitative estimate of drug-likeness (QED) is 0.506. The molecule has 28 heavy (non-hydrogen) atoms. The molecule has 0 spiro atoms. The van der Waals surface area contributed by atoms with E-state index in [0.717, 1.165) is 38.2 Å². The van der Waals surface area contributed by atoms with Crippen molar-refractivity contribution in [3.8, 4) is 0 Å². The first-order valence-corrected chi connectivity index (χ1v) is 9.37. The number of H-pyrrole nitrogens is 2. The number of fused-ring (bicyclic) bond motifs is 1. The van der Waals surface area contributed by atoms with Gasteiger partial charge in [-0.25, -0.2) is 9.97 Å². The molecule has 2 aromatic heterocycles. The van der Waals surface area contributed by atoms with Gasteiger partial charge in [0.05, 0.1) is 23.1 Å². The second-order valence-electron chi connectivity index (χ2n) is 7.17. The number of imidazole rings is 2. The van der Waals surface area contributed by atoms with Crippen molar-refractivity contribution in [2.24, 2.45) is 11.7 Å². The van der Waals surface area contributed by atoms with Gasteiger partial charge in [-0.05, 0) is 37.4 Å². The lowest BCUT2D eigenvalue weighted by Crippen LogP contribution is -2.40. The molecule has 1 saturated heterocycles. The minimum absolute atomic E-state index is 0.0524. The summed E-state index contributed by atoms with van der Waals surface area (Å²) in [4.78, 5) is 40.7. The van der Waals surface area contributed by atoms with Crippen LogP contribution >= 0.6 is 0 Å². The molecule has 1 unspecified atom stereocenters. The number of piperidine rings is 1. The van der Waals surface area contributed by atoms with E-state index in [1.54, 1.807) is 24.5 Å². The van der Waals surface area contributed by atoms with Crippen molar-refractivity contribution in [2.75, 3.05) is 19.6 Å². The van der Waals surface area contributed by atoms with Crippen molar-refractivity contribution in [1.82, 2.24) is 30.2 Å². The highest BCUT2D eigenvalue weighted by Gasteiger charge is 2.22. The molecule has 9 heteroatoms. The van der Waals surface area contributed by atoms with Crippen LogP contribution in [-0.4, -0.2) is 56.3 Å². The summed E-state index contributed by atoms with van der Waals surface area (Å²) in [6, 6.07) is 5.22. The van der Waals surface area contributed by atoms with E-state index in [2.05, 4.69) is 30.2 Å². The molecule has 9 nitrogen and oxygen atoms in total. The SMILES string of the molecule is NC(=O)c1nc2c(C(=O)NCC3CCCN(Cc4c[nH]cn4)C3)cccc2[nH]1. The minimum Gasteiger partial charge on any atom is -0.363 e. The summed E-state index contributed by atoms with van der Waals surface area (Å²) >= 11 is 0. The van der Waals surface area contributed by atoms with Gasteiger partial charge in [0.15, 0.2) is 5.82 Å². The summed E-state index contributed by atoms with van der Waals surface area (Å²) in [5.41, 5.74) is 7.81. The summed E-state index contributed by atoms with van der Waals surface area (Å²) in [5.74, 6) is -0.410. The first-order chi connectivity index (χ1) is 13.6. The number of aromatic amines is 2. The second kappa shape index (κ2) is 7.81. The number of para-hydroxylation sites is 1. The molecule has 3 heterocycles. The predicted octanol–water partition coefficient (Wildman–Crippen LogP) is 1.03. The first-order valence-electron chi connectivity index (χ1n) is 9.37. The Balaban J connectivity index is 1.39. The molecule has 0 aliphatic carbocycles. The Morgan fingerprint density at radius 1 is 1.36 bits per heavy atom. The maximum absolute atomic E-state index is 12.7. The summed E-state index contributed by atoms with van der Waals surface area (Å²) in [6.45, 7) is 3.38. The van der Waals surface area contributed by atoms with E-state index < -0.39 is 5.91 Å². The van der Waals surface area contributed by atoms with Crippen molar-refractivity contribution >= 4 is 22.8 Å². The molecular weight excluding hydrogens is 358 g/mol. The van der Waals surface area contributed by atoms with Crippen LogP contribution < -0.4 is 11.1 Å². The van der Waals surface area contributed by atoms with Crippen molar-refractivity contribution in [1.29, 1.82) is 0 Å². The molecule has 0 radical (unpaired) electrons. The van der Waals surface area contributed by atoms with Crippen LogP contribution in [0.15, 0.2) is 30.7 Å². The molecule has 1 aromatic carbocycles. The highest BCUT2D eigenvalue weighted by molar-refractivity contribution is 6.06. The van der Waals surface area contributed by atoms with Crippen LogP contribution in [0.3, 0.4) is 0 Å². The predicted molar refractivity (Wildman–Crippen MR) is 104 cm³/mol.